The molecular weight excluding hydrogens is 1670 g/mol. The second-order valence-corrected chi connectivity index (χ2v) is 35.6. The minimum atomic E-state index is 0.633. The maximum Gasteiger partial charge on any atom is 0.122 e. The van der Waals surface area contributed by atoms with Crippen LogP contribution in [0.3, 0.4) is 0 Å². The Morgan fingerprint density at radius 2 is 0.664 bits per heavy atom. The topological polar surface area (TPSA) is 62.1 Å². The van der Waals surface area contributed by atoms with Crippen molar-refractivity contribution in [2.75, 3.05) is 19.8 Å². The molecule has 0 bridgehead atoms. The molecule has 12 aromatic carbocycles. The zero-order chi connectivity index (χ0) is 97.4. The Kier molecular flexibility index (Phi) is 53.7. The van der Waals surface area contributed by atoms with E-state index in [4.69, 9.17) is 9.47 Å². The molecular formula is C126H164N4O2S2. The van der Waals surface area contributed by atoms with Crippen LogP contribution in [-0.2, 0) is 146 Å². The minimum absolute atomic E-state index is 0.633. The van der Waals surface area contributed by atoms with Gasteiger partial charge in [0.15, 0.2) is 0 Å². The van der Waals surface area contributed by atoms with E-state index < -0.39 is 0 Å². The summed E-state index contributed by atoms with van der Waals surface area (Å²) in [5.74, 6) is 7.45. The molecule has 0 amide bonds. The molecule has 3 heterocycles. The lowest BCUT2D eigenvalue weighted by atomic mass is 9.97. The van der Waals surface area contributed by atoms with E-state index in [1.807, 2.05) is 48.6 Å². The fraction of sp³-hybridized carbons (Fsp3) is 0.389. The summed E-state index contributed by atoms with van der Waals surface area (Å²) >= 11 is 3.55. The van der Waals surface area contributed by atoms with Crippen LogP contribution in [0.2, 0.25) is 0 Å². The molecule has 134 heavy (non-hydrogen) atoms. The lowest BCUT2D eigenvalue weighted by Crippen LogP contribution is -2.07. The molecule has 0 unspecified atom stereocenters. The van der Waals surface area contributed by atoms with Crippen molar-refractivity contribution in [1.82, 2.24) is 19.7 Å². The number of thiazole rings is 1. The van der Waals surface area contributed by atoms with E-state index in [-0.39, 0.29) is 0 Å². The van der Waals surface area contributed by atoms with Gasteiger partial charge in [0.1, 0.15) is 22.4 Å². The number of aryl methyl sites for hydroxylation is 23. The van der Waals surface area contributed by atoms with Crippen LogP contribution in [0, 0.1) is 18.8 Å². The summed E-state index contributed by atoms with van der Waals surface area (Å²) in [6.45, 7) is 55.5. The summed E-state index contributed by atoms with van der Waals surface area (Å²) in [6, 6.07) is 87.2. The molecule has 6 nitrogen and oxygen atoms in total. The molecule has 8 heteroatoms. The van der Waals surface area contributed by atoms with Gasteiger partial charge in [-0.25, -0.2) is 4.98 Å². The highest BCUT2D eigenvalue weighted by atomic mass is 32.1. The van der Waals surface area contributed by atoms with Crippen LogP contribution in [-0.4, -0.2) is 39.6 Å². The van der Waals surface area contributed by atoms with Gasteiger partial charge in [-0.05, 0) is 349 Å². The predicted octanol–water partition coefficient (Wildman–Crippen LogP) is 34.1. The number of rotatable bonds is 28. The summed E-state index contributed by atoms with van der Waals surface area (Å²) < 4.78 is 14.6. The maximum atomic E-state index is 5.75. The molecule has 712 valence electrons. The largest absolute Gasteiger partial charge is 0.491 e. The van der Waals surface area contributed by atoms with Crippen LogP contribution in [0.15, 0.2) is 255 Å². The standard InChI is InChI=1S/C18H18.C16H18.C14H19N.C14H22O2.C14H16.C13H17NS.C11H16.2C10H14.C6H10N2S/c1-3-17-13-12-16(14-18(17)4-2)11-10-15-8-6-5-7-9-15;1-3-13-10-11-16(12-14(13)4-2)15-8-6-5-7-9-15;1-4-11-7-13-9-15(6-3)10-14(13)8-12(11)5-2;1-4-12-7-8-13(5-2)14(11-12)16-10-9-15-6-3;1-3-11-9-13-7-5-6-8-14(13)10-12(11)4-2;1-4-9-7-11-12(8-10(9)5-2)15-13(6-3)14-11;1-4-10-6-7-11(5-2)9(3)8-10;1-3-9-6-5-7-10(4-2)8-9;1-3-9-7-5-6-8-10(9)4-2;1-3-5-7-8-6(4-2)9-5/h5-9,12-14H,3-4H2,1-2H3;5-12H,3-4H2,1-2H3;7-10H,4-6H2,1-3H3;7-8,11H,4-6,9-10H2,1-3H3;5-10H,3-4H2,1-2H3;7-8H,4-6H2,1-3H3;6-8H,4-5H2,1-3H3;2*5-8H,3-4H2,1-2H3;3-4H2,1-2H3. The van der Waals surface area contributed by atoms with Crippen molar-refractivity contribution in [1.29, 1.82) is 0 Å². The average Bonchev–Trinajstić information content (AvgIpc) is 1.77. The van der Waals surface area contributed by atoms with Crippen molar-refractivity contribution < 1.29 is 9.47 Å². The average molecular weight is 1830 g/mol. The number of fused-ring (bicyclic) bond motifs is 3. The van der Waals surface area contributed by atoms with E-state index in [1.165, 1.54) is 154 Å². The first-order valence-corrected chi connectivity index (χ1v) is 52.7. The number of aromatic nitrogens is 4. The van der Waals surface area contributed by atoms with Gasteiger partial charge in [-0.2, -0.15) is 0 Å². The molecule has 0 N–H and O–H groups in total. The monoisotopic (exact) mass is 1830 g/mol. The zero-order valence-corrected chi connectivity index (χ0v) is 88.5. The van der Waals surface area contributed by atoms with E-state index in [0.29, 0.717) is 13.2 Å². The Balaban J connectivity index is 0.000000230. The summed E-state index contributed by atoms with van der Waals surface area (Å²) in [5.41, 5.74) is 33.5. The molecule has 0 saturated carbocycles. The summed E-state index contributed by atoms with van der Waals surface area (Å²) in [6.07, 6.45) is 27.7. The fourth-order valence-corrected chi connectivity index (χ4v) is 17.8. The summed E-state index contributed by atoms with van der Waals surface area (Å²) in [7, 11) is 0. The van der Waals surface area contributed by atoms with Gasteiger partial charge < -0.3 is 14.0 Å². The van der Waals surface area contributed by atoms with Crippen LogP contribution in [0.4, 0.5) is 0 Å². The number of nitrogens with zero attached hydrogens (tertiary/aromatic N) is 4. The summed E-state index contributed by atoms with van der Waals surface area (Å²) in [4.78, 5) is 4.63. The van der Waals surface area contributed by atoms with Gasteiger partial charge in [0.2, 0.25) is 0 Å². The lowest BCUT2D eigenvalue weighted by molar-refractivity contribution is 0.110. The van der Waals surface area contributed by atoms with Gasteiger partial charge in [-0.1, -0.05) is 345 Å². The first kappa shape index (κ1) is 112. The first-order valence-electron chi connectivity index (χ1n) is 51.0. The normalized spacial score (nSPS) is 10.4. The summed E-state index contributed by atoms with van der Waals surface area (Å²) in [5, 5.41) is 17.0. The van der Waals surface area contributed by atoms with E-state index in [1.54, 1.807) is 11.3 Å². The van der Waals surface area contributed by atoms with Gasteiger partial charge in [-0.15, -0.1) is 32.9 Å². The highest BCUT2D eigenvalue weighted by Crippen LogP contribution is 2.30. The third kappa shape index (κ3) is 37.1. The third-order valence-electron chi connectivity index (χ3n) is 24.6. The Morgan fingerprint density at radius 3 is 1.12 bits per heavy atom. The lowest BCUT2D eigenvalue weighted by Gasteiger charge is -2.11. The van der Waals surface area contributed by atoms with Crippen molar-refractivity contribution in [3.8, 4) is 28.7 Å². The highest BCUT2D eigenvalue weighted by Gasteiger charge is 2.11. The van der Waals surface area contributed by atoms with E-state index in [9.17, 15) is 0 Å². The molecule has 0 fully saturated rings. The van der Waals surface area contributed by atoms with Crippen molar-refractivity contribution in [2.45, 2.75) is 308 Å². The Morgan fingerprint density at radius 1 is 0.269 bits per heavy atom. The molecule has 15 rings (SSSR count). The maximum absolute atomic E-state index is 5.75. The van der Waals surface area contributed by atoms with Crippen LogP contribution < -0.4 is 4.74 Å². The van der Waals surface area contributed by atoms with E-state index in [0.717, 1.165) is 175 Å². The number of hydrogen-bond donors (Lipinski definition) is 0. The zero-order valence-electron chi connectivity index (χ0n) is 86.8. The Hall–Kier alpha value is -10.8. The second kappa shape index (κ2) is 64.2. The highest BCUT2D eigenvalue weighted by molar-refractivity contribution is 7.18. The fourth-order valence-electron chi connectivity index (χ4n) is 16.1. The smallest absolute Gasteiger partial charge is 0.122 e. The van der Waals surface area contributed by atoms with Crippen LogP contribution >= 0.6 is 22.7 Å². The van der Waals surface area contributed by atoms with Gasteiger partial charge in [-0.3, -0.25) is 0 Å². The molecule has 15 aromatic rings. The molecule has 0 atom stereocenters. The number of ether oxygens (including phenoxy) is 2. The molecule has 0 spiro atoms. The molecule has 0 aliphatic carbocycles. The number of hydrogen-bond acceptors (Lipinski definition) is 7. The molecule has 0 radical (unpaired) electrons. The molecule has 3 aromatic heterocycles. The van der Waals surface area contributed by atoms with Gasteiger partial charge >= 0.3 is 0 Å². The van der Waals surface area contributed by atoms with Crippen molar-refractivity contribution >= 4 is 54.4 Å². The SMILES string of the molecule is CCOCCOc1cc(CC)ccc1CC.CCc1cc2ccccc2cc1CC.CCc1cc2cn(CC)cc2cc1CC.CCc1ccc(-c2ccccc2)cc1CC.CCc1ccc(C#Cc2ccccc2)cc1CC.CCc1ccc(CC)c(C)c1.CCc1cccc(CC)c1.CCc1ccccc1CC.CCc1nc2cc(CC)c(CC)cc2s1.CCc1nnc(CC)s1. The Labute approximate surface area is 820 Å². The van der Waals surface area contributed by atoms with Crippen molar-refractivity contribution in [3.63, 3.8) is 0 Å². The Bertz CT molecular complexity index is 5620. The number of benzene rings is 12. The second-order valence-electron chi connectivity index (χ2n) is 33.3. The van der Waals surface area contributed by atoms with E-state index in [2.05, 4.69) is 416 Å². The van der Waals surface area contributed by atoms with Crippen LogP contribution in [0.25, 0.3) is 42.9 Å². The predicted molar refractivity (Wildman–Crippen MR) is 591 cm³/mol. The molecule has 0 aliphatic heterocycles. The van der Waals surface area contributed by atoms with Gasteiger partial charge in [0.05, 0.1) is 21.8 Å². The quantitative estimate of drug-likeness (QED) is 0.0361. The first-order chi connectivity index (χ1) is 65.3. The van der Waals surface area contributed by atoms with Crippen molar-refractivity contribution in [3.05, 3.63) is 387 Å². The van der Waals surface area contributed by atoms with E-state index >= 15 is 0 Å². The molecule has 0 aliphatic rings. The van der Waals surface area contributed by atoms with Crippen LogP contribution in [0.5, 0.6) is 5.75 Å². The van der Waals surface area contributed by atoms with Gasteiger partial charge in [0, 0.05) is 36.7 Å². The third-order valence-corrected chi connectivity index (χ3v) is 26.9. The van der Waals surface area contributed by atoms with Crippen LogP contribution in [0.1, 0.15) is 291 Å². The van der Waals surface area contributed by atoms with Gasteiger partial charge in [0.25, 0.3) is 0 Å². The molecule has 0 saturated heterocycles. The van der Waals surface area contributed by atoms with Crippen molar-refractivity contribution in [2.24, 2.45) is 0 Å². The minimum Gasteiger partial charge on any atom is -0.491 e.